The van der Waals surface area contributed by atoms with Gasteiger partial charge < -0.3 is 4.57 Å². The fraction of sp³-hybridized carbons (Fsp3) is 0.733. The molecule has 0 aromatic carbocycles. The van der Waals surface area contributed by atoms with E-state index in [1.807, 2.05) is 11.5 Å². The molecular weight excluding hydrogens is 308 g/mol. The molecule has 1 saturated heterocycles. The van der Waals surface area contributed by atoms with E-state index in [4.69, 9.17) is 11.6 Å². The van der Waals surface area contributed by atoms with Crippen LogP contribution >= 0.6 is 11.6 Å². The molecule has 1 aliphatic rings. The van der Waals surface area contributed by atoms with Crippen molar-refractivity contribution in [3.8, 4) is 0 Å². The molecule has 1 atom stereocenters. The summed E-state index contributed by atoms with van der Waals surface area (Å²) < 4.78 is 29.4. The average molecular weight is 333 g/mol. The van der Waals surface area contributed by atoms with Crippen molar-refractivity contribution in [2.24, 2.45) is 0 Å². The largest absolute Gasteiger partial charge is 0.349 e. The van der Waals surface area contributed by atoms with Crippen molar-refractivity contribution in [1.29, 1.82) is 0 Å². The van der Waals surface area contributed by atoms with Crippen LogP contribution in [0.25, 0.3) is 0 Å². The Bertz CT molecular complexity index is 568. The minimum Gasteiger partial charge on any atom is -0.349 e. The van der Waals surface area contributed by atoms with Crippen LogP contribution in [0.15, 0.2) is 17.2 Å². The van der Waals surface area contributed by atoms with E-state index in [0.717, 1.165) is 44.3 Å². The third-order valence-corrected chi connectivity index (χ3v) is 6.41. The molecule has 0 amide bonds. The van der Waals surface area contributed by atoms with Gasteiger partial charge >= 0.3 is 0 Å². The zero-order chi connectivity index (χ0) is 15.5. The van der Waals surface area contributed by atoms with Crippen molar-refractivity contribution >= 4 is 21.6 Å². The summed E-state index contributed by atoms with van der Waals surface area (Å²) in [6, 6.07) is 1.81. The number of nitrogens with zero attached hydrogens (tertiary/aromatic N) is 2. The SMILES string of the molecule is CCCn1cc(S(=O)(=O)N2CCCCCC2C)cc1CCl. The van der Waals surface area contributed by atoms with E-state index in [-0.39, 0.29) is 6.04 Å². The first-order chi connectivity index (χ1) is 10.0. The number of alkyl halides is 1. The lowest BCUT2D eigenvalue weighted by Crippen LogP contribution is -2.38. The number of aryl methyl sites for hydroxylation is 1. The minimum atomic E-state index is -3.41. The second-order valence-corrected chi connectivity index (χ2v) is 7.97. The van der Waals surface area contributed by atoms with Crippen molar-refractivity contribution in [3.05, 3.63) is 18.0 Å². The van der Waals surface area contributed by atoms with Gasteiger partial charge in [-0.05, 0) is 32.3 Å². The van der Waals surface area contributed by atoms with Crippen molar-refractivity contribution in [2.45, 2.75) is 69.3 Å². The quantitative estimate of drug-likeness (QED) is 0.773. The highest BCUT2D eigenvalue weighted by Gasteiger charge is 2.31. The van der Waals surface area contributed by atoms with Crippen LogP contribution < -0.4 is 0 Å². The van der Waals surface area contributed by atoms with Gasteiger partial charge in [-0.3, -0.25) is 0 Å². The molecule has 21 heavy (non-hydrogen) atoms. The highest BCUT2D eigenvalue weighted by atomic mass is 35.5. The van der Waals surface area contributed by atoms with Gasteiger partial charge in [-0.1, -0.05) is 19.8 Å². The monoisotopic (exact) mass is 332 g/mol. The predicted molar refractivity (Wildman–Crippen MR) is 86.1 cm³/mol. The molecule has 4 nitrogen and oxygen atoms in total. The Morgan fingerprint density at radius 3 is 2.76 bits per heavy atom. The van der Waals surface area contributed by atoms with Crippen LogP contribution in [0.2, 0.25) is 0 Å². The van der Waals surface area contributed by atoms with Gasteiger partial charge in [0, 0.05) is 31.0 Å². The molecule has 6 heteroatoms. The Morgan fingerprint density at radius 2 is 2.10 bits per heavy atom. The normalized spacial score (nSPS) is 21.4. The maximum atomic E-state index is 12.9. The molecule has 0 radical (unpaired) electrons. The number of halogens is 1. The summed E-state index contributed by atoms with van der Waals surface area (Å²) in [7, 11) is -3.41. The molecule has 0 saturated carbocycles. The lowest BCUT2D eigenvalue weighted by molar-refractivity contribution is 0.342. The van der Waals surface area contributed by atoms with Crippen molar-refractivity contribution in [1.82, 2.24) is 8.87 Å². The van der Waals surface area contributed by atoms with Crippen LogP contribution in [0.5, 0.6) is 0 Å². The second-order valence-electron chi connectivity index (χ2n) is 5.81. The summed E-state index contributed by atoms with van der Waals surface area (Å²) >= 11 is 5.94. The molecule has 0 bridgehead atoms. The van der Waals surface area contributed by atoms with Crippen LogP contribution in [0.1, 0.15) is 51.6 Å². The third-order valence-electron chi connectivity index (χ3n) is 4.16. The van der Waals surface area contributed by atoms with Crippen molar-refractivity contribution in [2.75, 3.05) is 6.54 Å². The summed E-state index contributed by atoms with van der Waals surface area (Å²) in [5.74, 6) is 0.338. The highest BCUT2D eigenvalue weighted by Crippen LogP contribution is 2.26. The van der Waals surface area contributed by atoms with E-state index in [0.29, 0.717) is 17.3 Å². The Balaban J connectivity index is 2.33. The Hall–Kier alpha value is -0.520. The molecule has 0 spiro atoms. The maximum Gasteiger partial charge on any atom is 0.244 e. The lowest BCUT2D eigenvalue weighted by atomic mass is 10.1. The van der Waals surface area contributed by atoms with E-state index >= 15 is 0 Å². The van der Waals surface area contributed by atoms with Gasteiger partial charge in [0.2, 0.25) is 10.0 Å². The number of hydrogen-bond acceptors (Lipinski definition) is 2. The van der Waals surface area contributed by atoms with E-state index in [2.05, 4.69) is 6.92 Å². The van der Waals surface area contributed by atoms with Crippen LogP contribution in [-0.2, 0) is 22.4 Å². The smallest absolute Gasteiger partial charge is 0.244 e. The summed E-state index contributed by atoms with van der Waals surface area (Å²) in [6.45, 7) is 5.50. The van der Waals surface area contributed by atoms with E-state index in [9.17, 15) is 8.42 Å². The molecule has 1 aromatic heterocycles. The van der Waals surface area contributed by atoms with E-state index in [1.165, 1.54) is 0 Å². The Labute approximate surface area is 133 Å². The molecular formula is C15H25ClN2O2S. The molecule has 1 aliphatic heterocycles. The summed E-state index contributed by atoms with van der Waals surface area (Å²) in [5.41, 5.74) is 0.875. The zero-order valence-corrected chi connectivity index (χ0v) is 14.5. The topological polar surface area (TPSA) is 42.3 Å². The standard InChI is InChI=1S/C15H25ClN2O2S/c1-3-8-17-12-15(10-14(17)11-16)21(19,20)18-9-6-4-5-7-13(18)2/h10,12-13H,3-9,11H2,1-2H3. The number of rotatable bonds is 5. The van der Waals surface area contributed by atoms with Gasteiger partial charge in [0.15, 0.2) is 0 Å². The molecule has 120 valence electrons. The van der Waals surface area contributed by atoms with Crippen LogP contribution in [0, 0.1) is 0 Å². The van der Waals surface area contributed by atoms with Gasteiger partial charge in [-0.25, -0.2) is 8.42 Å². The van der Waals surface area contributed by atoms with Crippen molar-refractivity contribution < 1.29 is 8.42 Å². The molecule has 0 N–H and O–H groups in total. The van der Waals surface area contributed by atoms with Crippen LogP contribution in [0.4, 0.5) is 0 Å². The average Bonchev–Trinajstić information content (AvgIpc) is 2.73. The fourth-order valence-electron chi connectivity index (χ4n) is 2.97. The molecule has 1 aromatic rings. The first-order valence-electron chi connectivity index (χ1n) is 7.77. The van der Waals surface area contributed by atoms with Crippen LogP contribution in [0.3, 0.4) is 0 Å². The molecule has 2 rings (SSSR count). The fourth-order valence-corrected chi connectivity index (χ4v) is 4.96. The van der Waals surface area contributed by atoms with Gasteiger partial charge in [-0.2, -0.15) is 4.31 Å². The highest BCUT2D eigenvalue weighted by molar-refractivity contribution is 7.89. The summed E-state index contributed by atoms with van der Waals surface area (Å²) in [4.78, 5) is 0.389. The van der Waals surface area contributed by atoms with Gasteiger partial charge in [0.25, 0.3) is 0 Å². The predicted octanol–water partition coefficient (Wildman–Crippen LogP) is 3.59. The van der Waals surface area contributed by atoms with Crippen molar-refractivity contribution in [3.63, 3.8) is 0 Å². The summed E-state index contributed by atoms with van der Waals surface area (Å²) in [5, 5.41) is 0. The minimum absolute atomic E-state index is 0.0754. The number of sulfonamides is 1. The lowest BCUT2D eigenvalue weighted by Gasteiger charge is -2.25. The van der Waals surface area contributed by atoms with Gasteiger partial charge in [0.05, 0.1) is 5.88 Å². The zero-order valence-electron chi connectivity index (χ0n) is 12.9. The molecule has 2 heterocycles. The van der Waals surface area contributed by atoms with Crippen LogP contribution in [-0.4, -0.2) is 29.9 Å². The Kier molecular flexibility index (Phi) is 5.74. The first kappa shape index (κ1) is 16.8. The molecule has 1 unspecified atom stereocenters. The summed E-state index contributed by atoms with van der Waals surface area (Å²) in [6.07, 6.45) is 6.81. The third kappa shape index (κ3) is 3.63. The number of hydrogen-bond donors (Lipinski definition) is 0. The van der Waals surface area contributed by atoms with E-state index < -0.39 is 10.0 Å². The van der Waals surface area contributed by atoms with Gasteiger partial charge in [-0.15, -0.1) is 11.6 Å². The molecule has 0 aliphatic carbocycles. The Morgan fingerprint density at radius 1 is 1.33 bits per heavy atom. The van der Waals surface area contributed by atoms with Gasteiger partial charge in [0.1, 0.15) is 4.90 Å². The number of aromatic nitrogens is 1. The first-order valence-corrected chi connectivity index (χ1v) is 9.75. The molecule has 1 fully saturated rings. The second kappa shape index (κ2) is 7.16. The maximum absolute atomic E-state index is 12.9. The van der Waals surface area contributed by atoms with E-state index in [1.54, 1.807) is 16.6 Å².